The summed E-state index contributed by atoms with van der Waals surface area (Å²) in [6.07, 6.45) is 1.18. The molecule has 2 heterocycles. The molecule has 3 rings (SSSR count). The minimum absolute atomic E-state index is 0.677. The standard InChI is InChI=1S/C15H21N3O/c1-11-3-4-13-14(7-11)17-15(16-13)9-18(2)8-12-5-6-19-10-12/h3-4,7,12H,5-6,8-10H2,1-2H3,(H,16,17). The van der Waals surface area contributed by atoms with Crippen molar-refractivity contribution in [3.63, 3.8) is 0 Å². The predicted octanol–water partition coefficient (Wildman–Crippen LogP) is 2.34. The Morgan fingerprint density at radius 1 is 1.47 bits per heavy atom. The van der Waals surface area contributed by atoms with Gasteiger partial charge in [0, 0.05) is 13.2 Å². The van der Waals surface area contributed by atoms with E-state index >= 15 is 0 Å². The van der Waals surface area contributed by atoms with Gasteiger partial charge in [0.05, 0.1) is 24.2 Å². The number of aromatic nitrogens is 2. The number of aryl methyl sites for hydroxylation is 1. The lowest BCUT2D eigenvalue weighted by molar-refractivity contribution is 0.172. The van der Waals surface area contributed by atoms with Crippen LogP contribution in [0, 0.1) is 12.8 Å². The summed E-state index contributed by atoms with van der Waals surface area (Å²) in [7, 11) is 2.15. The number of ether oxygens (including phenoxy) is 1. The molecule has 4 nitrogen and oxygen atoms in total. The van der Waals surface area contributed by atoms with Crippen molar-refractivity contribution in [1.29, 1.82) is 0 Å². The van der Waals surface area contributed by atoms with Crippen LogP contribution in [0.4, 0.5) is 0 Å². The summed E-state index contributed by atoms with van der Waals surface area (Å²) in [5.74, 6) is 1.72. The van der Waals surface area contributed by atoms with Gasteiger partial charge in [-0.25, -0.2) is 4.98 Å². The summed E-state index contributed by atoms with van der Waals surface area (Å²) in [5, 5.41) is 0. The SMILES string of the molecule is Cc1ccc2nc(CN(C)CC3CCOC3)[nH]c2c1. The summed E-state index contributed by atoms with van der Waals surface area (Å²) < 4.78 is 5.42. The van der Waals surface area contributed by atoms with Gasteiger partial charge in [0.2, 0.25) is 0 Å². The van der Waals surface area contributed by atoms with Crippen molar-refractivity contribution in [3.8, 4) is 0 Å². The van der Waals surface area contributed by atoms with Gasteiger partial charge in [-0.15, -0.1) is 0 Å². The molecule has 0 aliphatic carbocycles. The number of nitrogens with one attached hydrogen (secondary N) is 1. The van der Waals surface area contributed by atoms with Crippen molar-refractivity contribution in [2.24, 2.45) is 5.92 Å². The van der Waals surface area contributed by atoms with Gasteiger partial charge in [-0.1, -0.05) is 6.07 Å². The maximum absolute atomic E-state index is 5.42. The second kappa shape index (κ2) is 5.31. The second-order valence-electron chi connectivity index (χ2n) is 5.63. The number of hydrogen-bond acceptors (Lipinski definition) is 3. The summed E-state index contributed by atoms with van der Waals surface area (Å²) >= 11 is 0. The van der Waals surface area contributed by atoms with E-state index in [9.17, 15) is 0 Å². The molecule has 19 heavy (non-hydrogen) atoms. The second-order valence-corrected chi connectivity index (χ2v) is 5.63. The van der Waals surface area contributed by atoms with Crippen LogP contribution in [0.1, 0.15) is 17.8 Å². The van der Waals surface area contributed by atoms with E-state index in [1.165, 1.54) is 12.0 Å². The molecule has 1 atom stereocenters. The van der Waals surface area contributed by atoms with E-state index in [0.29, 0.717) is 5.92 Å². The van der Waals surface area contributed by atoms with Crippen LogP contribution >= 0.6 is 0 Å². The Hall–Kier alpha value is -1.39. The average Bonchev–Trinajstić information content (AvgIpc) is 2.97. The van der Waals surface area contributed by atoms with Crippen molar-refractivity contribution < 1.29 is 4.74 Å². The number of nitrogens with zero attached hydrogens (tertiary/aromatic N) is 2. The van der Waals surface area contributed by atoms with E-state index in [0.717, 1.165) is 43.2 Å². The fraction of sp³-hybridized carbons (Fsp3) is 0.533. The van der Waals surface area contributed by atoms with E-state index in [2.05, 4.69) is 47.0 Å². The molecule has 102 valence electrons. The molecule has 1 aromatic heterocycles. The molecule has 4 heteroatoms. The number of hydrogen-bond donors (Lipinski definition) is 1. The lowest BCUT2D eigenvalue weighted by atomic mass is 10.1. The highest BCUT2D eigenvalue weighted by atomic mass is 16.5. The number of benzene rings is 1. The lowest BCUT2D eigenvalue weighted by Gasteiger charge is -2.18. The van der Waals surface area contributed by atoms with Gasteiger partial charge in [-0.05, 0) is 44.0 Å². The third kappa shape index (κ3) is 2.96. The number of aromatic amines is 1. The van der Waals surface area contributed by atoms with Gasteiger partial charge in [0.1, 0.15) is 5.82 Å². The average molecular weight is 259 g/mol. The molecule has 0 spiro atoms. The van der Waals surface area contributed by atoms with Crippen LogP contribution in [-0.2, 0) is 11.3 Å². The normalized spacial score (nSPS) is 19.6. The minimum Gasteiger partial charge on any atom is -0.381 e. The lowest BCUT2D eigenvalue weighted by Crippen LogP contribution is -2.26. The van der Waals surface area contributed by atoms with Crippen LogP contribution in [0.25, 0.3) is 11.0 Å². The molecular weight excluding hydrogens is 238 g/mol. The Labute approximate surface area is 113 Å². The van der Waals surface area contributed by atoms with E-state index in [-0.39, 0.29) is 0 Å². The van der Waals surface area contributed by atoms with Crippen LogP contribution < -0.4 is 0 Å². The zero-order valence-electron chi connectivity index (χ0n) is 11.6. The Morgan fingerprint density at radius 2 is 2.37 bits per heavy atom. The first-order chi connectivity index (χ1) is 9.20. The van der Waals surface area contributed by atoms with Gasteiger partial charge in [-0.3, -0.25) is 4.90 Å². The molecule has 2 aromatic rings. The Bertz CT molecular complexity index is 558. The number of fused-ring (bicyclic) bond motifs is 1. The highest BCUT2D eigenvalue weighted by Crippen LogP contribution is 2.16. The summed E-state index contributed by atoms with van der Waals surface area (Å²) in [6, 6.07) is 6.33. The van der Waals surface area contributed by atoms with Crippen molar-refractivity contribution in [1.82, 2.24) is 14.9 Å². The fourth-order valence-electron chi connectivity index (χ4n) is 2.74. The quantitative estimate of drug-likeness (QED) is 0.916. The van der Waals surface area contributed by atoms with Gasteiger partial charge in [-0.2, -0.15) is 0 Å². The maximum Gasteiger partial charge on any atom is 0.121 e. The Balaban J connectivity index is 1.66. The van der Waals surface area contributed by atoms with Gasteiger partial charge in [0.25, 0.3) is 0 Å². The van der Waals surface area contributed by atoms with Gasteiger partial charge < -0.3 is 9.72 Å². The molecule has 0 radical (unpaired) electrons. The largest absolute Gasteiger partial charge is 0.381 e. The van der Waals surface area contributed by atoms with E-state index in [1.54, 1.807) is 0 Å². The van der Waals surface area contributed by atoms with E-state index < -0.39 is 0 Å². The molecule has 0 amide bonds. The van der Waals surface area contributed by atoms with Crippen molar-refractivity contribution >= 4 is 11.0 Å². The zero-order valence-corrected chi connectivity index (χ0v) is 11.6. The number of rotatable bonds is 4. The topological polar surface area (TPSA) is 41.2 Å². The highest BCUT2D eigenvalue weighted by Gasteiger charge is 2.18. The van der Waals surface area contributed by atoms with Crippen molar-refractivity contribution in [3.05, 3.63) is 29.6 Å². The third-order valence-corrected chi connectivity index (χ3v) is 3.70. The van der Waals surface area contributed by atoms with Crippen LogP contribution in [0.5, 0.6) is 0 Å². The van der Waals surface area contributed by atoms with E-state index in [1.807, 2.05) is 0 Å². The van der Waals surface area contributed by atoms with Crippen LogP contribution in [0.15, 0.2) is 18.2 Å². The van der Waals surface area contributed by atoms with Crippen LogP contribution in [-0.4, -0.2) is 41.7 Å². The molecule has 0 saturated carbocycles. The zero-order chi connectivity index (χ0) is 13.2. The molecule has 1 fully saturated rings. The first-order valence-electron chi connectivity index (χ1n) is 6.92. The molecule has 1 unspecified atom stereocenters. The Kier molecular flexibility index (Phi) is 3.53. The molecule has 1 saturated heterocycles. The smallest absolute Gasteiger partial charge is 0.121 e. The fourth-order valence-corrected chi connectivity index (χ4v) is 2.74. The molecule has 1 N–H and O–H groups in total. The monoisotopic (exact) mass is 259 g/mol. The summed E-state index contributed by atoms with van der Waals surface area (Å²) in [5.41, 5.74) is 3.45. The highest BCUT2D eigenvalue weighted by molar-refractivity contribution is 5.75. The molecule has 1 aliphatic rings. The van der Waals surface area contributed by atoms with Crippen molar-refractivity contribution in [2.75, 3.05) is 26.8 Å². The minimum atomic E-state index is 0.677. The van der Waals surface area contributed by atoms with Crippen LogP contribution in [0.2, 0.25) is 0 Å². The Morgan fingerprint density at radius 3 is 3.16 bits per heavy atom. The molecular formula is C15H21N3O. The van der Waals surface area contributed by atoms with Gasteiger partial charge >= 0.3 is 0 Å². The molecule has 1 aromatic carbocycles. The number of H-pyrrole nitrogens is 1. The third-order valence-electron chi connectivity index (χ3n) is 3.70. The van der Waals surface area contributed by atoms with Crippen LogP contribution in [0.3, 0.4) is 0 Å². The van der Waals surface area contributed by atoms with Gasteiger partial charge in [0.15, 0.2) is 0 Å². The molecule has 1 aliphatic heterocycles. The summed E-state index contributed by atoms with van der Waals surface area (Å²) in [4.78, 5) is 10.4. The number of imidazole rings is 1. The first kappa shape index (κ1) is 12.6. The van der Waals surface area contributed by atoms with E-state index in [4.69, 9.17) is 4.74 Å². The predicted molar refractivity (Wildman–Crippen MR) is 76.1 cm³/mol. The van der Waals surface area contributed by atoms with Crippen molar-refractivity contribution in [2.45, 2.75) is 19.9 Å². The first-order valence-corrected chi connectivity index (χ1v) is 6.92. The summed E-state index contributed by atoms with van der Waals surface area (Å²) in [6.45, 7) is 5.87. The molecule has 0 bridgehead atoms. The maximum atomic E-state index is 5.42.